The molecule has 144 valence electrons. The Labute approximate surface area is 156 Å². The van der Waals surface area contributed by atoms with E-state index in [1.165, 1.54) is 30.4 Å². The molecule has 0 unspecified atom stereocenters. The third-order valence-corrected chi connectivity index (χ3v) is 4.84. The molecule has 1 aromatic rings. The number of carbonyl (C=O) groups excluding carboxylic acids is 2. The fourth-order valence-corrected chi connectivity index (χ4v) is 3.14. The van der Waals surface area contributed by atoms with Gasteiger partial charge in [-0.3, -0.25) is 9.59 Å². The lowest BCUT2D eigenvalue weighted by atomic mass is 9.99. The molecule has 1 aliphatic heterocycles. The number of anilines is 2. The van der Waals surface area contributed by atoms with Gasteiger partial charge in [-0.2, -0.15) is 0 Å². The second kappa shape index (κ2) is 10.2. The molecule has 0 spiro atoms. The van der Waals surface area contributed by atoms with Gasteiger partial charge in [-0.25, -0.2) is 0 Å². The molecule has 0 saturated carbocycles. The van der Waals surface area contributed by atoms with E-state index >= 15 is 0 Å². The number of hydrogen-bond acceptors (Lipinski definition) is 4. The van der Waals surface area contributed by atoms with Crippen LogP contribution in [0.5, 0.6) is 0 Å². The molecule has 0 aliphatic carbocycles. The van der Waals surface area contributed by atoms with Crippen LogP contribution in [0.4, 0.5) is 11.4 Å². The molecule has 6 nitrogen and oxygen atoms in total. The fourth-order valence-electron chi connectivity index (χ4n) is 3.14. The van der Waals surface area contributed by atoms with Gasteiger partial charge in [0.05, 0.1) is 0 Å². The van der Waals surface area contributed by atoms with Crippen molar-refractivity contribution in [2.75, 3.05) is 49.7 Å². The summed E-state index contributed by atoms with van der Waals surface area (Å²) in [6.45, 7) is 7.10. The molecule has 0 bridgehead atoms. The minimum absolute atomic E-state index is 0.0306. The number of nitrogens with one attached hydrogen (secondary N) is 1. The fraction of sp³-hybridized carbons (Fsp3) is 0.600. The van der Waals surface area contributed by atoms with E-state index in [1.54, 1.807) is 7.11 Å². The predicted molar refractivity (Wildman–Crippen MR) is 105 cm³/mol. The van der Waals surface area contributed by atoms with Gasteiger partial charge in [-0.1, -0.05) is 6.92 Å². The summed E-state index contributed by atoms with van der Waals surface area (Å²) in [6.07, 6.45) is 3.18. The van der Waals surface area contributed by atoms with Crippen molar-refractivity contribution in [3.05, 3.63) is 24.3 Å². The van der Waals surface area contributed by atoms with E-state index in [2.05, 4.69) is 17.1 Å². The van der Waals surface area contributed by atoms with E-state index in [9.17, 15) is 9.59 Å². The average Bonchev–Trinajstić information content (AvgIpc) is 2.64. The van der Waals surface area contributed by atoms with Gasteiger partial charge in [0, 0.05) is 51.6 Å². The Morgan fingerprint density at radius 1 is 1.23 bits per heavy atom. The molecule has 1 heterocycles. The standard InChI is InChI=1S/C20H31N3O3/c1-16-9-12-22(13-10-16)18-5-7-19(8-6-18)23(17(2)24)15-20(25)21-11-4-14-26-3/h5-8,16H,4,9-15H2,1-3H3,(H,21,25). The molecule has 1 aromatic carbocycles. The predicted octanol–water partition coefficient (Wildman–Crippen LogP) is 2.43. The second-order valence-corrected chi connectivity index (χ2v) is 6.99. The molecule has 1 saturated heterocycles. The molecule has 1 fully saturated rings. The lowest BCUT2D eigenvalue weighted by Crippen LogP contribution is -2.40. The molecule has 2 amide bonds. The quantitative estimate of drug-likeness (QED) is 0.723. The smallest absolute Gasteiger partial charge is 0.240 e. The minimum Gasteiger partial charge on any atom is -0.385 e. The van der Waals surface area contributed by atoms with Crippen LogP contribution in [0.1, 0.15) is 33.1 Å². The zero-order valence-electron chi connectivity index (χ0n) is 16.2. The summed E-state index contributed by atoms with van der Waals surface area (Å²) in [5, 5.41) is 2.82. The Morgan fingerprint density at radius 2 is 1.88 bits per heavy atom. The molecule has 2 rings (SSSR count). The normalized spacial score (nSPS) is 15.0. The molecule has 0 aromatic heterocycles. The van der Waals surface area contributed by atoms with Gasteiger partial charge in [-0.05, 0) is 49.4 Å². The molecular weight excluding hydrogens is 330 g/mol. The van der Waals surface area contributed by atoms with Crippen molar-refractivity contribution in [1.29, 1.82) is 0 Å². The third kappa shape index (κ3) is 6.02. The van der Waals surface area contributed by atoms with Crippen LogP contribution in [0, 0.1) is 5.92 Å². The summed E-state index contributed by atoms with van der Waals surface area (Å²) in [5.41, 5.74) is 1.92. The Balaban J connectivity index is 1.94. The highest BCUT2D eigenvalue weighted by Gasteiger charge is 2.18. The van der Waals surface area contributed by atoms with Crippen molar-refractivity contribution in [3.8, 4) is 0 Å². The number of methoxy groups -OCH3 is 1. The van der Waals surface area contributed by atoms with Crippen LogP contribution in [0.25, 0.3) is 0 Å². The highest BCUT2D eigenvalue weighted by atomic mass is 16.5. The summed E-state index contributed by atoms with van der Waals surface area (Å²) >= 11 is 0. The van der Waals surface area contributed by atoms with E-state index < -0.39 is 0 Å². The first-order valence-corrected chi connectivity index (χ1v) is 9.40. The first kappa shape index (κ1) is 20.2. The van der Waals surface area contributed by atoms with Crippen molar-refractivity contribution >= 4 is 23.2 Å². The van der Waals surface area contributed by atoms with Crippen molar-refractivity contribution in [1.82, 2.24) is 5.32 Å². The molecule has 1 N–H and O–H groups in total. The number of amides is 2. The third-order valence-electron chi connectivity index (χ3n) is 4.84. The lowest BCUT2D eigenvalue weighted by molar-refractivity contribution is -0.123. The van der Waals surface area contributed by atoms with E-state index in [0.29, 0.717) is 13.2 Å². The first-order chi connectivity index (χ1) is 12.5. The van der Waals surface area contributed by atoms with Crippen LogP contribution >= 0.6 is 0 Å². The number of piperidine rings is 1. The highest BCUT2D eigenvalue weighted by Crippen LogP contribution is 2.25. The summed E-state index contributed by atoms with van der Waals surface area (Å²) in [5.74, 6) is 0.489. The van der Waals surface area contributed by atoms with Gasteiger partial charge in [0.25, 0.3) is 0 Å². The number of rotatable bonds is 8. The topological polar surface area (TPSA) is 61.9 Å². The van der Waals surface area contributed by atoms with Crippen LogP contribution < -0.4 is 15.1 Å². The Bertz CT molecular complexity index is 580. The molecule has 0 radical (unpaired) electrons. The van der Waals surface area contributed by atoms with Crippen LogP contribution in [-0.4, -0.2) is 51.7 Å². The van der Waals surface area contributed by atoms with Crippen LogP contribution in [-0.2, 0) is 14.3 Å². The maximum absolute atomic E-state index is 12.1. The summed E-state index contributed by atoms with van der Waals surface area (Å²) in [6, 6.07) is 7.93. The van der Waals surface area contributed by atoms with Gasteiger partial charge in [0.15, 0.2) is 0 Å². The van der Waals surface area contributed by atoms with Gasteiger partial charge < -0.3 is 19.9 Å². The summed E-state index contributed by atoms with van der Waals surface area (Å²) in [4.78, 5) is 28.0. The zero-order valence-corrected chi connectivity index (χ0v) is 16.2. The maximum Gasteiger partial charge on any atom is 0.240 e. The van der Waals surface area contributed by atoms with Crippen LogP contribution in [0.2, 0.25) is 0 Å². The highest BCUT2D eigenvalue weighted by molar-refractivity contribution is 5.97. The number of ether oxygens (including phenoxy) is 1. The lowest BCUT2D eigenvalue weighted by Gasteiger charge is -2.32. The van der Waals surface area contributed by atoms with Gasteiger partial charge >= 0.3 is 0 Å². The first-order valence-electron chi connectivity index (χ1n) is 9.40. The van der Waals surface area contributed by atoms with Gasteiger partial charge in [-0.15, -0.1) is 0 Å². The molecule has 26 heavy (non-hydrogen) atoms. The molecule has 6 heteroatoms. The van der Waals surface area contributed by atoms with Crippen LogP contribution in [0.15, 0.2) is 24.3 Å². The van der Waals surface area contributed by atoms with Crippen LogP contribution in [0.3, 0.4) is 0 Å². The SMILES string of the molecule is COCCCNC(=O)CN(C(C)=O)c1ccc(N2CCC(C)CC2)cc1. The Hall–Kier alpha value is -2.08. The summed E-state index contributed by atoms with van der Waals surface area (Å²) in [7, 11) is 1.63. The molecule has 1 aliphatic rings. The summed E-state index contributed by atoms with van der Waals surface area (Å²) < 4.78 is 4.96. The second-order valence-electron chi connectivity index (χ2n) is 6.99. The monoisotopic (exact) mass is 361 g/mol. The number of carbonyl (C=O) groups is 2. The Kier molecular flexibility index (Phi) is 7.91. The van der Waals surface area contributed by atoms with Gasteiger partial charge in [0.1, 0.15) is 6.54 Å². The van der Waals surface area contributed by atoms with Gasteiger partial charge in [0.2, 0.25) is 11.8 Å². The number of hydrogen-bond donors (Lipinski definition) is 1. The van der Waals surface area contributed by atoms with Crippen molar-refractivity contribution in [2.24, 2.45) is 5.92 Å². The molecule has 0 atom stereocenters. The number of nitrogens with zero attached hydrogens (tertiary/aromatic N) is 2. The van der Waals surface area contributed by atoms with Crippen molar-refractivity contribution < 1.29 is 14.3 Å². The average molecular weight is 361 g/mol. The minimum atomic E-state index is -0.162. The van der Waals surface area contributed by atoms with E-state index in [1.807, 2.05) is 24.3 Å². The van der Waals surface area contributed by atoms with E-state index in [0.717, 1.165) is 31.1 Å². The number of benzene rings is 1. The maximum atomic E-state index is 12.1. The van der Waals surface area contributed by atoms with E-state index in [4.69, 9.17) is 4.74 Å². The Morgan fingerprint density at radius 3 is 2.46 bits per heavy atom. The largest absolute Gasteiger partial charge is 0.385 e. The molecular formula is C20H31N3O3. The van der Waals surface area contributed by atoms with Crippen molar-refractivity contribution in [2.45, 2.75) is 33.1 Å². The zero-order chi connectivity index (χ0) is 18.9. The van der Waals surface area contributed by atoms with Crippen molar-refractivity contribution in [3.63, 3.8) is 0 Å². The van der Waals surface area contributed by atoms with E-state index in [-0.39, 0.29) is 18.4 Å².